The van der Waals surface area contributed by atoms with Gasteiger partial charge in [-0.3, -0.25) is 0 Å². The minimum absolute atomic E-state index is 0.0913. The monoisotopic (exact) mass is 338 g/mol. The van der Waals surface area contributed by atoms with Crippen molar-refractivity contribution >= 4 is 10.0 Å². The third kappa shape index (κ3) is 6.33. The maximum atomic E-state index is 12.6. The first-order valence-electron chi connectivity index (χ1n) is 7.04. The normalized spacial score (nSPS) is 14.0. The second kappa shape index (κ2) is 7.94. The summed E-state index contributed by atoms with van der Waals surface area (Å²) in [5, 5.41) is 0. The molecule has 1 rings (SSSR count). The molecule has 0 radical (unpaired) electrons. The fraction of sp³-hybridized carbons (Fsp3) is 0.571. The number of nitrogens with one attached hydrogen (secondary N) is 1. The Morgan fingerprint density at radius 3 is 2.55 bits per heavy atom. The predicted molar refractivity (Wildman–Crippen MR) is 79.6 cm³/mol. The van der Waals surface area contributed by atoms with Crippen molar-refractivity contribution in [2.45, 2.75) is 44.2 Å². The molecule has 3 N–H and O–H groups in total. The number of halogens is 3. The van der Waals surface area contributed by atoms with E-state index in [9.17, 15) is 21.6 Å². The van der Waals surface area contributed by atoms with Gasteiger partial charge < -0.3 is 5.73 Å². The lowest BCUT2D eigenvalue weighted by molar-refractivity contribution is -0.137. The Morgan fingerprint density at radius 1 is 1.32 bits per heavy atom. The van der Waals surface area contributed by atoms with Crippen LogP contribution >= 0.6 is 0 Å². The summed E-state index contributed by atoms with van der Waals surface area (Å²) >= 11 is 0. The molecule has 0 aliphatic rings. The van der Waals surface area contributed by atoms with Crippen molar-refractivity contribution in [2.75, 3.05) is 6.54 Å². The van der Waals surface area contributed by atoms with Crippen molar-refractivity contribution < 1.29 is 21.6 Å². The SMILES string of the molecule is CCCCC(CN)NS(=O)(=O)Cc1cccc(C(F)(F)F)c1. The standard InChI is InChI=1S/C14H21F3N2O2S/c1-2-3-7-13(9-18)19-22(20,21)10-11-5-4-6-12(8-11)14(15,16)17/h4-6,8,13,19H,2-3,7,9-10,18H2,1H3. The van der Waals surface area contributed by atoms with Crippen LogP contribution in [0.5, 0.6) is 0 Å². The van der Waals surface area contributed by atoms with Crippen LogP contribution in [0.3, 0.4) is 0 Å². The fourth-order valence-corrected chi connectivity index (χ4v) is 3.45. The third-order valence-corrected chi connectivity index (χ3v) is 4.55. The van der Waals surface area contributed by atoms with E-state index < -0.39 is 33.6 Å². The smallest absolute Gasteiger partial charge is 0.329 e. The van der Waals surface area contributed by atoms with Gasteiger partial charge in [0.25, 0.3) is 0 Å². The molecule has 1 aromatic carbocycles. The minimum atomic E-state index is -4.49. The van der Waals surface area contributed by atoms with Crippen LogP contribution in [0, 0.1) is 0 Å². The Balaban J connectivity index is 2.80. The van der Waals surface area contributed by atoms with Crippen LogP contribution in [-0.2, 0) is 22.0 Å². The average molecular weight is 338 g/mol. The highest BCUT2D eigenvalue weighted by Crippen LogP contribution is 2.29. The molecule has 22 heavy (non-hydrogen) atoms. The summed E-state index contributed by atoms with van der Waals surface area (Å²) in [6.07, 6.45) is -2.15. The molecule has 0 fully saturated rings. The molecule has 126 valence electrons. The second-order valence-electron chi connectivity index (χ2n) is 5.15. The van der Waals surface area contributed by atoms with E-state index in [4.69, 9.17) is 5.73 Å². The highest BCUT2D eigenvalue weighted by Gasteiger charge is 2.30. The van der Waals surface area contributed by atoms with Crippen LogP contribution in [-0.4, -0.2) is 21.0 Å². The van der Waals surface area contributed by atoms with Gasteiger partial charge in [0.2, 0.25) is 10.0 Å². The largest absolute Gasteiger partial charge is 0.416 e. The van der Waals surface area contributed by atoms with Gasteiger partial charge in [0.1, 0.15) is 0 Å². The van der Waals surface area contributed by atoms with Crippen LogP contribution in [0.1, 0.15) is 37.3 Å². The number of unbranched alkanes of at least 4 members (excludes halogenated alkanes) is 1. The van der Waals surface area contributed by atoms with Gasteiger partial charge in [0.15, 0.2) is 0 Å². The lowest BCUT2D eigenvalue weighted by Gasteiger charge is -2.17. The van der Waals surface area contributed by atoms with Crippen LogP contribution in [0.4, 0.5) is 13.2 Å². The van der Waals surface area contributed by atoms with Gasteiger partial charge in [-0.05, 0) is 18.1 Å². The molecule has 0 saturated carbocycles. The van der Waals surface area contributed by atoms with Gasteiger partial charge in [0.05, 0.1) is 11.3 Å². The van der Waals surface area contributed by atoms with E-state index >= 15 is 0 Å². The quantitative estimate of drug-likeness (QED) is 0.765. The Hall–Kier alpha value is -1.12. The van der Waals surface area contributed by atoms with Gasteiger partial charge in [-0.2, -0.15) is 13.2 Å². The van der Waals surface area contributed by atoms with Crippen molar-refractivity contribution in [1.29, 1.82) is 0 Å². The predicted octanol–water partition coefficient (Wildman–Crippen LogP) is 2.64. The number of sulfonamides is 1. The van der Waals surface area contributed by atoms with Gasteiger partial charge >= 0.3 is 6.18 Å². The maximum absolute atomic E-state index is 12.6. The molecule has 0 aromatic heterocycles. The minimum Gasteiger partial charge on any atom is -0.329 e. The number of nitrogens with two attached hydrogens (primary N) is 1. The van der Waals surface area contributed by atoms with Gasteiger partial charge in [-0.15, -0.1) is 0 Å². The van der Waals surface area contributed by atoms with Crippen molar-refractivity contribution in [1.82, 2.24) is 4.72 Å². The summed E-state index contributed by atoms with van der Waals surface area (Å²) in [6.45, 7) is 2.13. The van der Waals surface area contributed by atoms with E-state index in [1.807, 2.05) is 6.92 Å². The summed E-state index contributed by atoms with van der Waals surface area (Å²) in [5.74, 6) is -0.500. The zero-order chi connectivity index (χ0) is 16.8. The van der Waals surface area contributed by atoms with Gasteiger partial charge in [-0.25, -0.2) is 13.1 Å². The lowest BCUT2D eigenvalue weighted by Crippen LogP contribution is -2.40. The number of hydrogen-bond acceptors (Lipinski definition) is 3. The molecule has 0 amide bonds. The number of benzene rings is 1. The molecular weight excluding hydrogens is 317 g/mol. The van der Waals surface area contributed by atoms with Gasteiger partial charge in [-0.1, -0.05) is 38.0 Å². The van der Waals surface area contributed by atoms with E-state index in [2.05, 4.69) is 4.72 Å². The second-order valence-corrected chi connectivity index (χ2v) is 6.90. The third-order valence-electron chi connectivity index (χ3n) is 3.15. The molecule has 0 heterocycles. The first-order chi connectivity index (χ1) is 10.2. The molecule has 0 saturated heterocycles. The molecule has 0 aliphatic carbocycles. The van der Waals surface area contributed by atoms with Crippen molar-refractivity contribution in [2.24, 2.45) is 5.73 Å². The van der Waals surface area contributed by atoms with Crippen molar-refractivity contribution in [3.63, 3.8) is 0 Å². The number of alkyl halides is 3. The van der Waals surface area contributed by atoms with E-state index in [-0.39, 0.29) is 12.1 Å². The lowest BCUT2D eigenvalue weighted by atomic mass is 10.1. The zero-order valence-electron chi connectivity index (χ0n) is 12.4. The van der Waals surface area contributed by atoms with E-state index in [1.165, 1.54) is 12.1 Å². The average Bonchev–Trinajstić information content (AvgIpc) is 2.42. The molecule has 1 unspecified atom stereocenters. The number of hydrogen-bond donors (Lipinski definition) is 2. The van der Waals surface area contributed by atoms with Crippen molar-refractivity contribution in [3.8, 4) is 0 Å². The molecule has 4 nitrogen and oxygen atoms in total. The molecular formula is C14H21F3N2O2S. The fourth-order valence-electron chi connectivity index (χ4n) is 2.03. The van der Waals surface area contributed by atoms with Crippen LogP contribution in [0.2, 0.25) is 0 Å². The van der Waals surface area contributed by atoms with E-state index in [1.54, 1.807) is 0 Å². The molecule has 8 heteroatoms. The molecule has 0 bridgehead atoms. The Kier molecular flexibility index (Phi) is 6.83. The summed E-state index contributed by atoms with van der Waals surface area (Å²) in [6, 6.07) is 3.93. The first kappa shape index (κ1) is 18.9. The Morgan fingerprint density at radius 2 is 2.00 bits per heavy atom. The zero-order valence-corrected chi connectivity index (χ0v) is 13.2. The molecule has 0 aliphatic heterocycles. The summed E-state index contributed by atoms with van der Waals surface area (Å²) in [5.41, 5.74) is 4.75. The van der Waals surface area contributed by atoms with E-state index in [0.29, 0.717) is 6.42 Å². The van der Waals surface area contributed by atoms with Crippen LogP contribution < -0.4 is 10.5 Å². The number of rotatable bonds is 8. The van der Waals surface area contributed by atoms with E-state index in [0.717, 1.165) is 25.0 Å². The summed E-state index contributed by atoms with van der Waals surface area (Å²) < 4.78 is 64.4. The summed E-state index contributed by atoms with van der Waals surface area (Å²) in [4.78, 5) is 0. The Labute approximate surface area is 128 Å². The highest BCUT2D eigenvalue weighted by molar-refractivity contribution is 7.88. The Bertz CT molecular complexity index is 574. The topological polar surface area (TPSA) is 72.2 Å². The van der Waals surface area contributed by atoms with Gasteiger partial charge in [0, 0.05) is 12.6 Å². The molecule has 1 atom stereocenters. The van der Waals surface area contributed by atoms with Crippen molar-refractivity contribution in [3.05, 3.63) is 35.4 Å². The van der Waals surface area contributed by atoms with Crippen LogP contribution in [0.15, 0.2) is 24.3 Å². The van der Waals surface area contributed by atoms with Crippen LogP contribution in [0.25, 0.3) is 0 Å². The summed E-state index contributed by atoms with van der Waals surface area (Å²) in [7, 11) is -3.74. The molecule has 1 aromatic rings. The highest BCUT2D eigenvalue weighted by atomic mass is 32.2. The first-order valence-corrected chi connectivity index (χ1v) is 8.69. The molecule has 0 spiro atoms. The maximum Gasteiger partial charge on any atom is 0.416 e.